The van der Waals surface area contributed by atoms with Crippen LogP contribution in [-0.4, -0.2) is 24.9 Å². The summed E-state index contributed by atoms with van der Waals surface area (Å²) in [6, 6.07) is 18.2. The molecule has 0 spiro atoms. The summed E-state index contributed by atoms with van der Waals surface area (Å²) in [5.74, 6) is 1.36. The van der Waals surface area contributed by atoms with Gasteiger partial charge in [0, 0.05) is 57.7 Å². The Bertz CT molecular complexity index is 2830. The first kappa shape index (κ1) is 74.9. The van der Waals surface area contributed by atoms with Gasteiger partial charge < -0.3 is 9.80 Å². The van der Waals surface area contributed by atoms with Crippen LogP contribution in [0.1, 0.15) is 329 Å². The van der Waals surface area contributed by atoms with Gasteiger partial charge in [-0.3, -0.25) is 9.59 Å². The molecule has 0 radical (unpaired) electrons. The highest BCUT2D eigenvalue weighted by molar-refractivity contribution is 7.85. The van der Waals surface area contributed by atoms with E-state index in [0.717, 1.165) is 57.9 Å². The largest absolute Gasteiger partial charge is 0.307 e. The molecule has 2 aliphatic heterocycles. The molecule has 6 rings (SSSR count). The van der Waals surface area contributed by atoms with Gasteiger partial charge in [0.2, 0.25) is 0 Å². The smallest absolute Gasteiger partial charge is 0.260 e. The number of hydrogen-bond acceptors (Lipinski definition) is 6. The maximum atomic E-state index is 15.9. The highest BCUT2D eigenvalue weighted by Crippen LogP contribution is 2.44. The summed E-state index contributed by atoms with van der Waals surface area (Å²) in [7, 11) is 0. The third-order valence-corrected chi connectivity index (χ3v) is 23.7. The lowest BCUT2D eigenvalue weighted by Crippen LogP contribution is -2.35. The van der Waals surface area contributed by atoms with Crippen molar-refractivity contribution < 1.29 is 9.59 Å². The summed E-state index contributed by atoms with van der Waals surface area (Å²) >= 11 is 10.8. The number of allylic oxidation sites excluding steroid dienone is 3. The minimum Gasteiger partial charge on any atom is -0.307 e. The van der Waals surface area contributed by atoms with Crippen LogP contribution in [0.5, 0.6) is 0 Å². The number of hydrogen-bond donors (Lipinski definition) is 1. The number of benzene rings is 1. The van der Waals surface area contributed by atoms with Crippen molar-refractivity contribution in [3.8, 4) is 19.5 Å². The van der Waals surface area contributed by atoms with Crippen LogP contribution in [0.2, 0.25) is 0 Å². The van der Waals surface area contributed by atoms with Gasteiger partial charge >= 0.3 is 0 Å². The zero-order valence-corrected chi connectivity index (χ0v) is 61.5. The van der Waals surface area contributed by atoms with E-state index in [1.807, 2.05) is 28.7 Å². The Labute approximate surface area is 563 Å². The number of thiol groups is 1. The number of carbonyl (C=O) groups excluding carboxylic acids is 2. The molecule has 0 saturated heterocycles. The summed E-state index contributed by atoms with van der Waals surface area (Å²) in [4.78, 5) is 44.0. The summed E-state index contributed by atoms with van der Waals surface area (Å²) in [6.45, 7) is 21.9. The molecule has 0 bridgehead atoms. The third-order valence-electron chi connectivity index (χ3n) is 19.2. The normalized spacial score (nSPS) is 14.5. The van der Waals surface area contributed by atoms with Gasteiger partial charge in [-0.1, -0.05) is 306 Å². The predicted molar refractivity (Wildman–Crippen MR) is 401 cm³/mol. The van der Waals surface area contributed by atoms with Crippen LogP contribution in [0.15, 0.2) is 71.7 Å². The molecule has 8 heteroatoms. The van der Waals surface area contributed by atoms with Gasteiger partial charge in [-0.2, -0.15) is 0 Å². The lowest BCUT2D eigenvalue weighted by Gasteiger charge is -2.27. The molecule has 0 saturated carbocycles. The first-order valence-corrected chi connectivity index (χ1v) is 40.1. The first-order chi connectivity index (χ1) is 43.3. The molecule has 0 fully saturated rings. The predicted octanol–water partition coefficient (Wildman–Crippen LogP) is 25.5. The molecule has 0 aliphatic carbocycles. The van der Waals surface area contributed by atoms with E-state index in [1.165, 1.54) is 256 Å². The molecule has 5 heterocycles. The molecular weight excluding hydrogens is 1160 g/mol. The summed E-state index contributed by atoms with van der Waals surface area (Å²) in [6.07, 6.45) is 58.3. The van der Waals surface area contributed by atoms with E-state index < -0.39 is 0 Å². The van der Waals surface area contributed by atoms with Gasteiger partial charge in [-0.05, 0) is 103 Å². The topological polar surface area (TPSA) is 40.6 Å². The lowest BCUT2D eigenvalue weighted by atomic mass is 9.93. The molecule has 0 N–H and O–H groups in total. The van der Waals surface area contributed by atoms with Crippen LogP contribution in [0, 0.1) is 17.8 Å². The Morgan fingerprint density at radius 1 is 0.438 bits per heavy atom. The maximum absolute atomic E-state index is 15.9. The van der Waals surface area contributed by atoms with E-state index in [-0.39, 0.29) is 17.2 Å². The molecule has 4 nitrogen and oxygen atoms in total. The number of fused-ring (bicyclic) bond motifs is 2. The first-order valence-electron chi connectivity index (χ1n) is 37.2. The Kier molecular flexibility index (Phi) is 35.5. The molecule has 2 atom stereocenters. The molecule has 3 aromatic heterocycles. The summed E-state index contributed by atoms with van der Waals surface area (Å²) in [5.41, 5.74) is 3.53. The van der Waals surface area contributed by atoms with Crippen molar-refractivity contribution in [2.45, 2.75) is 325 Å². The standard InChI is InChI=1S/C81H126N2O2S4/c1-10-14-18-22-26-30-32-36-40-44-49-64(48-42-38-34-28-24-20-16-12-3)61-82-68-60-67-69(59-66(68)77(79(82)84)70(86)52-46-47-63(5)6)83(62-65(50-43-39-35-29-25-21-17-13-4)51-45-41-37-33-31-27-23-19-15-11-2)80(85)78(67)75-56-55-72(88-75)71-53-54-73(87-71)74-57-58-76(89-74)81(7,8)9/h46-47,52-60,63-65,86H,10-45,48-51,61-62H2,1-9H3/b47-46+,70-52-. The average Bonchev–Trinajstić information content (AvgIpc) is 1.58. The second kappa shape index (κ2) is 42.2. The SMILES string of the molecule is CCCCCCCCCCCCC(CCCCCCCCCC)CN1C(=O)C(/C(S)=C/C=C/C(C)C)=c2cc3c(cc21)=C(c1ccc(-c2ccc(-c4ccc(C(C)(C)C)s4)s2)s1)C(=O)N3CC(CCCCCCCCCC)CCCCCCCCCCCC. The molecule has 2 aliphatic rings. The van der Waals surface area contributed by atoms with Gasteiger partial charge in [-0.25, -0.2) is 0 Å². The molecule has 1 aromatic carbocycles. The highest BCUT2D eigenvalue weighted by atomic mass is 32.1. The van der Waals surface area contributed by atoms with Crippen LogP contribution in [-0.2, 0) is 15.0 Å². The fraction of sp³-hybridized carbons (Fsp3) is 0.679. The van der Waals surface area contributed by atoms with Gasteiger partial charge in [0.15, 0.2) is 0 Å². The van der Waals surface area contributed by atoms with E-state index in [1.54, 1.807) is 11.3 Å². The van der Waals surface area contributed by atoms with Gasteiger partial charge in [0.25, 0.3) is 11.8 Å². The number of anilines is 2. The molecule has 2 amide bonds. The Balaban J connectivity index is 1.38. The van der Waals surface area contributed by atoms with Crippen LogP contribution >= 0.6 is 46.6 Å². The van der Waals surface area contributed by atoms with Gasteiger partial charge in [0.1, 0.15) is 0 Å². The third kappa shape index (κ3) is 25.2. The fourth-order valence-corrected chi connectivity index (χ4v) is 17.3. The molecule has 496 valence electrons. The minimum absolute atomic E-state index is 0.0621. The Morgan fingerprint density at radius 3 is 1.15 bits per heavy atom. The zero-order valence-electron chi connectivity index (χ0n) is 58.2. The summed E-state index contributed by atoms with van der Waals surface area (Å²) < 4.78 is 0. The van der Waals surface area contributed by atoms with Crippen molar-refractivity contribution in [1.82, 2.24) is 0 Å². The van der Waals surface area contributed by atoms with Crippen LogP contribution < -0.4 is 20.2 Å². The second-order valence-electron chi connectivity index (χ2n) is 28.6. The van der Waals surface area contributed by atoms with Crippen molar-refractivity contribution in [3.63, 3.8) is 0 Å². The van der Waals surface area contributed by atoms with Crippen molar-refractivity contribution in [2.24, 2.45) is 17.8 Å². The number of thiophene rings is 3. The van der Waals surface area contributed by atoms with E-state index in [9.17, 15) is 0 Å². The van der Waals surface area contributed by atoms with Crippen molar-refractivity contribution >= 4 is 81.0 Å². The van der Waals surface area contributed by atoms with E-state index in [2.05, 4.69) is 133 Å². The van der Waals surface area contributed by atoms with Crippen molar-refractivity contribution in [1.29, 1.82) is 0 Å². The number of unbranched alkanes of at least 4 members (excludes halogenated alkanes) is 32. The van der Waals surface area contributed by atoms with E-state index in [4.69, 9.17) is 12.6 Å². The quantitative estimate of drug-likeness (QED) is 0.0272. The van der Waals surface area contributed by atoms with Crippen LogP contribution in [0.4, 0.5) is 11.4 Å². The molecular formula is C81H126N2O2S4. The van der Waals surface area contributed by atoms with Crippen molar-refractivity contribution in [3.05, 3.63) is 91.9 Å². The molecule has 4 aromatic rings. The van der Waals surface area contributed by atoms with Crippen LogP contribution in [0.3, 0.4) is 0 Å². The number of amides is 2. The highest BCUT2D eigenvalue weighted by Gasteiger charge is 2.38. The van der Waals surface area contributed by atoms with E-state index in [0.29, 0.717) is 41.3 Å². The molecule has 2 unspecified atom stereocenters. The summed E-state index contributed by atoms with van der Waals surface area (Å²) in [5, 5.41) is 1.93. The van der Waals surface area contributed by atoms with Crippen molar-refractivity contribution in [2.75, 3.05) is 22.9 Å². The Hall–Kier alpha value is -3.17. The average molecular weight is 1290 g/mol. The maximum Gasteiger partial charge on any atom is 0.260 e. The zero-order chi connectivity index (χ0) is 63.6. The Morgan fingerprint density at radius 2 is 0.764 bits per heavy atom. The lowest BCUT2D eigenvalue weighted by molar-refractivity contribution is -0.114. The number of nitrogens with zero attached hydrogens (tertiary/aromatic N) is 2. The number of carbonyl (C=O) groups is 2. The van der Waals surface area contributed by atoms with E-state index >= 15 is 9.59 Å². The monoisotopic (exact) mass is 1290 g/mol. The second-order valence-corrected chi connectivity index (χ2v) is 32.3. The van der Waals surface area contributed by atoms with Gasteiger partial charge in [0.05, 0.1) is 22.5 Å². The minimum atomic E-state index is 0.0621. The molecule has 89 heavy (non-hydrogen) atoms. The van der Waals surface area contributed by atoms with Gasteiger partial charge in [-0.15, -0.1) is 46.6 Å². The fourth-order valence-electron chi connectivity index (χ4n) is 13.7. The number of rotatable bonds is 50. The van der Waals surface area contributed by atoms with Crippen LogP contribution in [0.25, 0.3) is 30.7 Å².